The predicted octanol–water partition coefficient (Wildman–Crippen LogP) is 6.50. The van der Waals surface area contributed by atoms with Crippen molar-refractivity contribution in [2.24, 2.45) is 0 Å². The molecule has 0 spiro atoms. The molecule has 0 aliphatic carbocycles. The maximum absolute atomic E-state index is 17.2. The summed E-state index contributed by atoms with van der Waals surface area (Å²) in [4.78, 5) is 33.6. The number of carbonyl (C=O) groups excluding carboxylic acids is 1. The van der Waals surface area contributed by atoms with Crippen LogP contribution in [-0.2, 0) is 15.9 Å². The molecule has 4 aliphatic heterocycles. The second-order valence-electron chi connectivity index (χ2n) is 14.3. The number of pyridine rings is 1. The van der Waals surface area contributed by atoms with Crippen molar-refractivity contribution in [3.8, 4) is 29.6 Å². The molecule has 8 rings (SSSR count). The zero-order chi connectivity index (χ0) is 36.0. The number of benzene rings is 2. The summed E-state index contributed by atoms with van der Waals surface area (Å²) in [7, 11) is 0. The summed E-state index contributed by atoms with van der Waals surface area (Å²) in [6, 6.07) is 8.55. The molecule has 2 aromatic heterocycles. The third-order valence-electron chi connectivity index (χ3n) is 11.6. The highest BCUT2D eigenvalue weighted by Crippen LogP contribution is 2.44. The van der Waals surface area contributed by atoms with Gasteiger partial charge in [0.1, 0.15) is 36.1 Å². The van der Waals surface area contributed by atoms with Crippen LogP contribution in [0.15, 0.2) is 30.3 Å². The summed E-state index contributed by atoms with van der Waals surface area (Å²) in [6.45, 7) is 8.49. The Hall–Kier alpha value is -4.60. The fourth-order valence-corrected chi connectivity index (χ4v) is 8.91. The van der Waals surface area contributed by atoms with Crippen LogP contribution in [0.4, 0.5) is 19.4 Å². The van der Waals surface area contributed by atoms with E-state index in [0.717, 1.165) is 45.1 Å². The van der Waals surface area contributed by atoms with Gasteiger partial charge >= 0.3 is 12.1 Å². The Morgan fingerprint density at radius 3 is 2.77 bits per heavy atom. The lowest BCUT2D eigenvalue weighted by molar-refractivity contribution is 0.0451. The molecule has 52 heavy (non-hydrogen) atoms. The molecule has 0 saturated carbocycles. The molecule has 0 radical (unpaired) electrons. The summed E-state index contributed by atoms with van der Waals surface area (Å²) >= 11 is 0. The fourth-order valence-electron chi connectivity index (χ4n) is 8.91. The van der Waals surface area contributed by atoms with E-state index in [1.165, 1.54) is 6.07 Å². The Morgan fingerprint density at radius 2 is 1.94 bits per heavy atom. The van der Waals surface area contributed by atoms with Crippen LogP contribution in [0.5, 0.6) is 6.01 Å². The van der Waals surface area contributed by atoms with Gasteiger partial charge in [0.25, 0.3) is 0 Å². The third kappa shape index (κ3) is 5.88. The first-order chi connectivity index (χ1) is 25.4. The fraction of sp³-hybridized carbons (Fsp3) is 0.500. The highest BCUT2D eigenvalue weighted by molar-refractivity contribution is 6.02. The Bertz CT molecular complexity index is 2070. The van der Waals surface area contributed by atoms with Crippen LogP contribution in [-0.4, -0.2) is 101 Å². The van der Waals surface area contributed by atoms with Crippen LogP contribution < -0.4 is 9.64 Å². The Morgan fingerprint density at radius 1 is 1.08 bits per heavy atom. The van der Waals surface area contributed by atoms with Crippen LogP contribution >= 0.6 is 0 Å². The lowest BCUT2D eigenvalue weighted by atomic mass is 9.95. The predicted molar refractivity (Wildman–Crippen MR) is 194 cm³/mol. The van der Waals surface area contributed by atoms with E-state index < -0.39 is 11.6 Å². The monoisotopic (exact) mass is 710 g/mol. The largest absolute Gasteiger partial charge is 0.461 e. The number of halogens is 2. The van der Waals surface area contributed by atoms with Crippen LogP contribution in [0.1, 0.15) is 63.6 Å². The molecule has 3 saturated heterocycles. The summed E-state index contributed by atoms with van der Waals surface area (Å²) < 4.78 is 50.4. The number of terminal acetylenes is 1. The molecule has 0 unspecified atom stereocenters. The zero-order valence-electron chi connectivity index (χ0n) is 29.8. The average molecular weight is 711 g/mol. The van der Waals surface area contributed by atoms with E-state index in [4.69, 9.17) is 35.6 Å². The highest BCUT2D eigenvalue weighted by Gasteiger charge is 2.50. The van der Waals surface area contributed by atoms with E-state index in [2.05, 4.69) is 15.7 Å². The van der Waals surface area contributed by atoms with Gasteiger partial charge in [0.05, 0.1) is 34.8 Å². The quantitative estimate of drug-likeness (QED) is 0.190. The number of aromatic nitrogens is 3. The molecule has 2 aromatic carbocycles. The van der Waals surface area contributed by atoms with Gasteiger partial charge in [0.2, 0.25) is 0 Å². The minimum Gasteiger partial charge on any atom is -0.461 e. The van der Waals surface area contributed by atoms with E-state index in [9.17, 15) is 4.79 Å². The van der Waals surface area contributed by atoms with Crippen LogP contribution in [0.25, 0.3) is 32.9 Å². The standard InChI is InChI=1S/C40H44F2N6O4/c1-4-28-30(41)14-12-25-10-7-11-29(32(25)28)35-34(42)36-33-31(43-35)15-13-26-22-50-21-9-19-47(26)37(33)45-38(44-36)52-24-40-17-8-20-48(40)27(16-18-40)23-51-39(49)46(5-2)6-3/h1,7,10-12,14,26-27H,5-6,8-9,13,15-24H2,2-3H3/t26-,27-,40-/m0/s1. The van der Waals surface area contributed by atoms with Gasteiger partial charge in [0, 0.05) is 43.2 Å². The number of amides is 1. The first kappa shape index (κ1) is 34.5. The molecule has 6 heterocycles. The van der Waals surface area contributed by atoms with Crippen molar-refractivity contribution < 1.29 is 27.8 Å². The first-order valence-corrected chi connectivity index (χ1v) is 18.6. The minimum absolute atomic E-state index is 0.0208. The molecular weight excluding hydrogens is 666 g/mol. The number of anilines is 1. The lowest BCUT2D eigenvalue weighted by Gasteiger charge is -2.34. The van der Waals surface area contributed by atoms with Gasteiger partial charge in [-0.2, -0.15) is 9.97 Å². The molecule has 4 aromatic rings. The smallest absolute Gasteiger partial charge is 0.409 e. The Labute approximate surface area is 302 Å². The maximum Gasteiger partial charge on any atom is 0.409 e. The summed E-state index contributed by atoms with van der Waals surface area (Å²) in [5, 5.41) is 1.69. The van der Waals surface area contributed by atoms with Gasteiger partial charge in [-0.3, -0.25) is 4.90 Å². The molecule has 272 valence electrons. The van der Waals surface area contributed by atoms with Crippen molar-refractivity contribution in [2.75, 3.05) is 57.5 Å². The molecule has 0 N–H and O–H groups in total. The molecule has 1 amide bonds. The van der Waals surface area contributed by atoms with E-state index in [1.807, 2.05) is 19.9 Å². The number of carbonyl (C=O) groups is 1. The van der Waals surface area contributed by atoms with Crippen molar-refractivity contribution in [3.05, 3.63) is 53.2 Å². The SMILES string of the molecule is C#Cc1c(F)ccc2cccc(-c3nc4c5c(nc(OC[C@@]67CCCN6[C@H](COC(=O)N(CC)CC)CC7)nc5c3F)N3CCCOC[C@@H]3CC4)c12. The summed E-state index contributed by atoms with van der Waals surface area (Å²) in [5.74, 6) is 1.90. The maximum atomic E-state index is 17.2. The molecule has 0 bridgehead atoms. The van der Waals surface area contributed by atoms with Crippen LogP contribution in [0.2, 0.25) is 0 Å². The molecule has 3 fully saturated rings. The second-order valence-corrected chi connectivity index (χ2v) is 14.3. The first-order valence-electron chi connectivity index (χ1n) is 18.6. The minimum atomic E-state index is -0.631. The van der Waals surface area contributed by atoms with Crippen molar-refractivity contribution in [1.82, 2.24) is 24.8 Å². The van der Waals surface area contributed by atoms with Gasteiger partial charge < -0.3 is 24.0 Å². The number of ether oxygens (including phenoxy) is 3. The second kappa shape index (κ2) is 14.1. The lowest BCUT2D eigenvalue weighted by Crippen LogP contribution is -2.48. The van der Waals surface area contributed by atoms with Crippen molar-refractivity contribution in [2.45, 2.75) is 76.4 Å². The van der Waals surface area contributed by atoms with E-state index in [0.29, 0.717) is 85.7 Å². The Balaban J connectivity index is 1.18. The molecule has 4 aliphatic rings. The molecular formula is C40H44F2N6O4. The van der Waals surface area contributed by atoms with Crippen molar-refractivity contribution in [3.63, 3.8) is 0 Å². The number of aryl methyl sites for hydroxylation is 1. The number of fused-ring (bicyclic) bond motifs is 4. The van der Waals surface area contributed by atoms with Gasteiger partial charge in [-0.1, -0.05) is 30.2 Å². The number of nitrogens with zero attached hydrogens (tertiary/aromatic N) is 6. The van der Waals surface area contributed by atoms with E-state index in [1.54, 1.807) is 23.1 Å². The number of rotatable bonds is 8. The van der Waals surface area contributed by atoms with E-state index in [-0.39, 0.29) is 46.5 Å². The molecule has 12 heteroatoms. The summed E-state index contributed by atoms with van der Waals surface area (Å²) in [5.41, 5.74) is 1.08. The number of hydrogen-bond donors (Lipinski definition) is 0. The van der Waals surface area contributed by atoms with Crippen molar-refractivity contribution >= 4 is 33.6 Å². The molecule has 3 atom stereocenters. The Kier molecular flexibility index (Phi) is 9.34. The number of hydrogen-bond acceptors (Lipinski definition) is 9. The van der Waals surface area contributed by atoms with Gasteiger partial charge in [-0.15, -0.1) is 6.42 Å². The normalized spacial score (nSPS) is 22.8. The molecule has 10 nitrogen and oxygen atoms in total. The van der Waals surface area contributed by atoms with Gasteiger partial charge in [-0.25, -0.2) is 18.6 Å². The summed E-state index contributed by atoms with van der Waals surface area (Å²) in [6.07, 6.45) is 11.3. The van der Waals surface area contributed by atoms with Crippen LogP contribution in [0, 0.1) is 24.0 Å². The highest BCUT2D eigenvalue weighted by atomic mass is 19.1. The van der Waals surface area contributed by atoms with E-state index >= 15 is 8.78 Å². The van der Waals surface area contributed by atoms with Gasteiger partial charge in [-0.05, 0) is 76.8 Å². The van der Waals surface area contributed by atoms with Gasteiger partial charge in [0.15, 0.2) is 5.82 Å². The average Bonchev–Trinajstić information content (AvgIpc) is 3.57. The zero-order valence-corrected chi connectivity index (χ0v) is 29.8. The van der Waals surface area contributed by atoms with Crippen LogP contribution in [0.3, 0.4) is 0 Å². The third-order valence-corrected chi connectivity index (χ3v) is 11.6. The van der Waals surface area contributed by atoms with Crippen molar-refractivity contribution in [1.29, 1.82) is 0 Å². The topological polar surface area (TPSA) is 93.2 Å².